The van der Waals surface area contributed by atoms with Gasteiger partial charge in [-0.3, -0.25) is 4.79 Å². The molecular weight excluding hydrogens is 244 g/mol. The minimum absolute atomic E-state index is 0.0312. The highest BCUT2D eigenvalue weighted by atomic mass is 16.6. The molecule has 0 bridgehead atoms. The van der Waals surface area contributed by atoms with Crippen molar-refractivity contribution in [2.24, 2.45) is 0 Å². The van der Waals surface area contributed by atoms with Crippen molar-refractivity contribution in [3.05, 3.63) is 12.7 Å². The third kappa shape index (κ3) is 4.58. The van der Waals surface area contributed by atoms with E-state index in [9.17, 15) is 9.59 Å². The molecule has 0 aromatic heterocycles. The Labute approximate surface area is 115 Å². The molecule has 0 saturated carbocycles. The Morgan fingerprint density at radius 2 is 2.11 bits per heavy atom. The smallest absolute Gasteiger partial charge is 0.410 e. The SMILES string of the molecule is C=CC(=O)N(C)CC1CCCN1C(=O)OC(C)(C)C. The predicted octanol–water partition coefficient (Wildman–Crippen LogP) is 2.03. The van der Waals surface area contributed by atoms with Crippen molar-refractivity contribution < 1.29 is 14.3 Å². The van der Waals surface area contributed by atoms with Crippen molar-refractivity contribution in [2.75, 3.05) is 20.1 Å². The number of likely N-dealkylation sites (N-methyl/N-ethyl adjacent to an activating group) is 1. The summed E-state index contributed by atoms with van der Waals surface area (Å²) in [5.41, 5.74) is -0.493. The summed E-state index contributed by atoms with van der Waals surface area (Å²) in [5, 5.41) is 0. The first-order valence-corrected chi connectivity index (χ1v) is 6.61. The van der Waals surface area contributed by atoms with Gasteiger partial charge in [-0.05, 0) is 39.7 Å². The molecule has 1 fully saturated rings. The Morgan fingerprint density at radius 1 is 1.47 bits per heavy atom. The highest BCUT2D eigenvalue weighted by Gasteiger charge is 2.33. The Kier molecular flexibility index (Phi) is 4.97. The topological polar surface area (TPSA) is 49.9 Å². The van der Waals surface area contributed by atoms with Crippen molar-refractivity contribution in [3.63, 3.8) is 0 Å². The molecule has 1 aliphatic rings. The summed E-state index contributed by atoms with van der Waals surface area (Å²) in [6.07, 6.45) is 2.83. The minimum Gasteiger partial charge on any atom is -0.444 e. The molecular formula is C14H24N2O3. The Hall–Kier alpha value is -1.52. The van der Waals surface area contributed by atoms with Crippen LogP contribution in [0.1, 0.15) is 33.6 Å². The number of nitrogens with zero attached hydrogens (tertiary/aromatic N) is 2. The Morgan fingerprint density at radius 3 is 2.63 bits per heavy atom. The molecule has 108 valence electrons. The molecule has 1 aliphatic heterocycles. The first-order valence-electron chi connectivity index (χ1n) is 6.61. The Bertz CT molecular complexity index is 360. The zero-order valence-corrected chi connectivity index (χ0v) is 12.3. The van der Waals surface area contributed by atoms with Gasteiger partial charge < -0.3 is 14.5 Å². The molecule has 0 aliphatic carbocycles. The fraction of sp³-hybridized carbons (Fsp3) is 0.714. The lowest BCUT2D eigenvalue weighted by Crippen LogP contribution is -2.45. The van der Waals surface area contributed by atoms with E-state index < -0.39 is 5.60 Å². The van der Waals surface area contributed by atoms with Crippen LogP contribution < -0.4 is 0 Å². The maximum Gasteiger partial charge on any atom is 0.410 e. The van der Waals surface area contributed by atoms with Crippen LogP contribution in [0.2, 0.25) is 0 Å². The van der Waals surface area contributed by atoms with Gasteiger partial charge in [0.1, 0.15) is 5.60 Å². The van der Waals surface area contributed by atoms with Gasteiger partial charge in [-0.25, -0.2) is 4.79 Å². The molecule has 2 amide bonds. The first-order chi connectivity index (χ1) is 8.74. The summed E-state index contributed by atoms with van der Waals surface area (Å²) in [7, 11) is 1.72. The number of carbonyl (C=O) groups is 2. The van der Waals surface area contributed by atoms with Crippen molar-refractivity contribution in [3.8, 4) is 0 Å². The van der Waals surface area contributed by atoms with Crippen LogP contribution in [-0.4, -0.2) is 53.6 Å². The Balaban J connectivity index is 2.61. The summed E-state index contributed by atoms with van der Waals surface area (Å²) in [5.74, 6) is -0.129. The number of hydrogen-bond donors (Lipinski definition) is 0. The fourth-order valence-corrected chi connectivity index (χ4v) is 2.15. The van der Waals surface area contributed by atoms with E-state index in [2.05, 4.69) is 6.58 Å². The van der Waals surface area contributed by atoms with Crippen LogP contribution in [0, 0.1) is 0 Å². The summed E-state index contributed by atoms with van der Waals surface area (Å²) < 4.78 is 5.38. The van der Waals surface area contributed by atoms with Crippen molar-refractivity contribution in [2.45, 2.75) is 45.3 Å². The van der Waals surface area contributed by atoms with E-state index in [4.69, 9.17) is 4.74 Å². The van der Waals surface area contributed by atoms with Gasteiger partial charge in [-0.2, -0.15) is 0 Å². The zero-order chi connectivity index (χ0) is 14.6. The molecule has 19 heavy (non-hydrogen) atoms. The molecule has 1 rings (SSSR count). The lowest BCUT2D eigenvalue weighted by Gasteiger charge is -2.30. The van der Waals surface area contributed by atoms with Crippen LogP contribution in [-0.2, 0) is 9.53 Å². The maximum atomic E-state index is 12.1. The number of hydrogen-bond acceptors (Lipinski definition) is 3. The molecule has 0 N–H and O–H groups in total. The van der Waals surface area contributed by atoms with Crippen LogP contribution >= 0.6 is 0 Å². The van der Waals surface area contributed by atoms with Gasteiger partial charge >= 0.3 is 6.09 Å². The molecule has 0 spiro atoms. The van der Waals surface area contributed by atoms with Crippen molar-refractivity contribution >= 4 is 12.0 Å². The fourth-order valence-electron chi connectivity index (χ4n) is 2.15. The van der Waals surface area contributed by atoms with Gasteiger partial charge in [0.25, 0.3) is 0 Å². The molecule has 1 heterocycles. The minimum atomic E-state index is -0.493. The van der Waals surface area contributed by atoms with Crippen LogP contribution in [0.25, 0.3) is 0 Å². The number of ether oxygens (including phenoxy) is 1. The van der Waals surface area contributed by atoms with Gasteiger partial charge in [0.2, 0.25) is 5.91 Å². The number of amides is 2. The molecule has 5 heteroatoms. The van der Waals surface area contributed by atoms with E-state index in [0.29, 0.717) is 13.1 Å². The van der Waals surface area contributed by atoms with Gasteiger partial charge in [0.05, 0.1) is 6.04 Å². The predicted molar refractivity (Wildman–Crippen MR) is 73.8 cm³/mol. The lowest BCUT2D eigenvalue weighted by molar-refractivity contribution is -0.125. The van der Waals surface area contributed by atoms with Crippen molar-refractivity contribution in [1.82, 2.24) is 9.80 Å². The highest BCUT2D eigenvalue weighted by Crippen LogP contribution is 2.21. The average molecular weight is 268 g/mol. The summed E-state index contributed by atoms with van der Waals surface area (Å²) >= 11 is 0. The zero-order valence-electron chi connectivity index (χ0n) is 12.3. The second-order valence-electron chi connectivity index (χ2n) is 5.89. The number of carbonyl (C=O) groups excluding carboxylic acids is 2. The van der Waals surface area contributed by atoms with Crippen LogP contribution in [0.4, 0.5) is 4.79 Å². The second kappa shape index (κ2) is 6.08. The molecule has 0 aromatic carbocycles. The third-order valence-corrected chi connectivity index (χ3v) is 3.04. The third-order valence-electron chi connectivity index (χ3n) is 3.04. The van der Waals surface area contributed by atoms with E-state index in [1.165, 1.54) is 6.08 Å². The highest BCUT2D eigenvalue weighted by molar-refractivity contribution is 5.86. The largest absolute Gasteiger partial charge is 0.444 e. The monoisotopic (exact) mass is 268 g/mol. The maximum absolute atomic E-state index is 12.1. The van der Waals surface area contributed by atoms with Crippen LogP contribution in [0.5, 0.6) is 0 Å². The summed E-state index contributed by atoms with van der Waals surface area (Å²) in [4.78, 5) is 26.9. The second-order valence-corrected chi connectivity index (χ2v) is 5.89. The summed E-state index contributed by atoms with van der Waals surface area (Å²) in [6.45, 7) is 10.2. The first kappa shape index (κ1) is 15.5. The molecule has 1 saturated heterocycles. The number of likely N-dealkylation sites (tertiary alicyclic amines) is 1. The van der Waals surface area contributed by atoms with E-state index in [1.807, 2.05) is 20.8 Å². The van der Waals surface area contributed by atoms with Gasteiger partial charge in [0.15, 0.2) is 0 Å². The van der Waals surface area contributed by atoms with Crippen LogP contribution in [0.3, 0.4) is 0 Å². The van der Waals surface area contributed by atoms with E-state index in [1.54, 1.807) is 16.8 Å². The van der Waals surface area contributed by atoms with Crippen molar-refractivity contribution in [1.29, 1.82) is 0 Å². The summed E-state index contributed by atoms with van der Waals surface area (Å²) in [6, 6.07) is 0.0312. The average Bonchev–Trinajstić information content (AvgIpc) is 2.73. The molecule has 5 nitrogen and oxygen atoms in total. The standard InChI is InChI=1S/C14H24N2O3/c1-6-12(17)15(5)10-11-8-7-9-16(11)13(18)19-14(2,3)4/h6,11H,1,7-10H2,2-5H3. The van der Waals surface area contributed by atoms with Gasteiger partial charge in [0, 0.05) is 20.1 Å². The molecule has 0 aromatic rings. The quantitative estimate of drug-likeness (QED) is 0.736. The van der Waals surface area contributed by atoms with E-state index in [0.717, 1.165) is 12.8 Å². The molecule has 1 unspecified atom stereocenters. The van der Waals surface area contributed by atoms with Gasteiger partial charge in [-0.1, -0.05) is 6.58 Å². The normalized spacial score (nSPS) is 19.2. The molecule has 0 radical (unpaired) electrons. The van der Waals surface area contributed by atoms with Crippen LogP contribution in [0.15, 0.2) is 12.7 Å². The van der Waals surface area contributed by atoms with E-state index >= 15 is 0 Å². The van der Waals surface area contributed by atoms with E-state index in [-0.39, 0.29) is 18.0 Å². The molecule has 1 atom stereocenters. The lowest BCUT2D eigenvalue weighted by atomic mass is 10.2. The number of rotatable bonds is 3. The van der Waals surface area contributed by atoms with Gasteiger partial charge in [-0.15, -0.1) is 0 Å².